The van der Waals surface area contributed by atoms with E-state index in [0.717, 1.165) is 6.42 Å². The molecule has 154 valence electrons. The fourth-order valence-corrected chi connectivity index (χ4v) is 3.89. The summed E-state index contributed by atoms with van der Waals surface area (Å²) >= 11 is 0. The summed E-state index contributed by atoms with van der Waals surface area (Å²) in [4.78, 5) is 29.0. The summed E-state index contributed by atoms with van der Waals surface area (Å²) in [5.74, 6) is 0.130. The number of hydrogen-bond donors (Lipinski definition) is 1. The maximum absolute atomic E-state index is 13.0. The number of benzene rings is 2. The number of amides is 2. The average Bonchev–Trinajstić information content (AvgIpc) is 3.33. The van der Waals surface area contributed by atoms with Crippen molar-refractivity contribution in [3.05, 3.63) is 83.8 Å². The summed E-state index contributed by atoms with van der Waals surface area (Å²) in [6.45, 7) is 2.64. The van der Waals surface area contributed by atoms with E-state index in [-0.39, 0.29) is 18.4 Å². The lowest BCUT2D eigenvalue weighted by atomic mass is 10.1. The predicted octanol–water partition coefficient (Wildman–Crippen LogP) is 3.94. The molecule has 1 N–H and O–H groups in total. The Hall–Kier alpha value is -3.54. The van der Waals surface area contributed by atoms with Crippen molar-refractivity contribution in [3.8, 4) is 0 Å². The summed E-state index contributed by atoms with van der Waals surface area (Å²) in [7, 11) is 1.62. The van der Waals surface area contributed by atoms with Gasteiger partial charge in [0.25, 0.3) is 5.91 Å². The quantitative estimate of drug-likeness (QED) is 0.677. The Morgan fingerprint density at radius 3 is 2.63 bits per heavy atom. The largest absolute Gasteiger partial charge is 0.467 e. The van der Waals surface area contributed by atoms with E-state index >= 15 is 0 Å². The zero-order chi connectivity index (χ0) is 21.1. The summed E-state index contributed by atoms with van der Waals surface area (Å²) in [6.07, 6.45) is 2.51. The fraction of sp³-hybridized carbons (Fsp3) is 0.250. The minimum Gasteiger partial charge on any atom is -0.467 e. The van der Waals surface area contributed by atoms with Crippen molar-refractivity contribution in [2.45, 2.75) is 25.9 Å². The molecule has 0 saturated carbocycles. The molecule has 3 aromatic rings. The van der Waals surface area contributed by atoms with Gasteiger partial charge in [0.05, 0.1) is 24.9 Å². The molecular formula is C24H25N3O3. The molecule has 0 saturated heterocycles. The Balaban J connectivity index is 1.43. The van der Waals surface area contributed by atoms with Gasteiger partial charge in [-0.3, -0.25) is 9.59 Å². The highest BCUT2D eigenvalue weighted by Crippen LogP contribution is 2.33. The number of nitrogens with one attached hydrogen (secondary N) is 1. The lowest BCUT2D eigenvalue weighted by Crippen LogP contribution is -2.35. The number of hydrogen-bond acceptors (Lipinski definition) is 4. The van der Waals surface area contributed by atoms with Crippen molar-refractivity contribution >= 4 is 23.2 Å². The van der Waals surface area contributed by atoms with Crippen molar-refractivity contribution in [1.29, 1.82) is 0 Å². The van der Waals surface area contributed by atoms with Crippen LogP contribution in [0.15, 0.2) is 71.3 Å². The maximum atomic E-state index is 13.0. The molecule has 1 unspecified atom stereocenters. The standard InChI is InChI=1S/C24H25N3O3/c1-17-14-18-8-6-7-11-21(18)27(17)15-22-20(12-13-30-22)24(29)26(2)16-23(28)25-19-9-4-3-5-10-19/h3-13,17H,14-16H2,1-2H3,(H,25,28). The number of nitrogens with zero attached hydrogens (tertiary/aromatic N) is 2. The fourth-order valence-electron chi connectivity index (χ4n) is 3.89. The second-order valence-electron chi connectivity index (χ2n) is 7.64. The van der Waals surface area contributed by atoms with Crippen LogP contribution in [-0.2, 0) is 17.8 Å². The minimum absolute atomic E-state index is 0.0404. The highest BCUT2D eigenvalue weighted by atomic mass is 16.3. The SMILES string of the molecule is CC1Cc2ccccc2N1Cc1occc1C(=O)N(C)CC(=O)Nc1ccccc1. The van der Waals surface area contributed by atoms with Crippen LogP contribution in [0.25, 0.3) is 0 Å². The van der Waals surface area contributed by atoms with Gasteiger partial charge in [-0.05, 0) is 43.2 Å². The van der Waals surface area contributed by atoms with Crippen LogP contribution in [0.3, 0.4) is 0 Å². The molecule has 0 bridgehead atoms. The van der Waals surface area contributed by atoms with Crippen LogP contribution in [0.4, 0.5) is 11.4 Å². The Kier molecular flexibility index (Phi) is 5.57. The van der Waals surface area contributed by atoms with Gasteiger partial charge in [0.2, 0.25) is 5.91 Å². The molecule has 4 rings (SSSR count). The van der Waals surface area contributed by atoms with Crippen LogP contribution in [0, 0.1) is 0 Å². The summed E-state index contributed by atoms with van der Waals surface area (Å²) in [5.41, 5.74) is 3.67. The van der Waals surface area contributed by atoms with Crippen molar-refractivity contribution in [3.63, 3.8) is 0 Å². The van der Waals surface area contributed by atoms with Gasteiger partial charge in [-0.2, -0.15) is 0 Å². The van der Waals surface area contributed by atoms with Crippen LogP contribution < -0.4 is 10.2 Å². The van der Waals surface area contributed by atoms with Gasteiger partial charge in [-0.25, -0.2) is 0 Å². The molecule has 2 heterocycles. The summed E-state index contributed by atoms with van der Waals surface area (Å²) in [6, 6.07) is 19.5. The van der Waals surface area contributed by atoms with E-state index in [9.17, 15) is 9.59 Å². The van der Waals surface area contributed by atoms with Gasteiger partial charge in [-0.15, -0.1) is 0 Å². The average molecular weight is 403 g/mol. The lowest BCUT2D eigenvalue weighted by molar-refractivity contribution is -0.116. The van der Waals surface area contributed by atoms with Crippen LogP contribution >= 0.6 is 0 Å². The lowest BCUT2D eigenvalue weighted by Gasteiger charge is -2.24. The third kappa shape index (κ3) is 4.08. The first-order chi connectivity index (χ1) is 14.5. The molecule has 0 fully saturated rings. The van der Waals surface area contributed by atoms with Gasteiger partial charge >= 0.3 is 0 Å². The first-order valence-corrected chi connectivity index (χ1v) is 10.0. The Morgan fingerprint density at radius 1 is 1.10 bits per heavy atom. The highest BCUT2D eigenvalue weighted by Gasteiger charge is 2.28. The maximum Gasteiger partial charge on any atom is 0.257 e. The molecule has 30 heavy (non-hydrogen) atoms. The zero-order valence-corrected chi connectivity index (χ0v) is 17.2. The van der Waals surface area contributed by atoms with E-state index < -0.39 is 0 Å². The molecule has 1 atom stereocenters. The number of para-hydroxylation sites is 2. The topological polar surface area (TPSA) is 65.8 Å². The predicted molar refractivity (Wildman–Crippen MR) is 117 cm³/mol. The molecule has 6 nitrogen and oxygen atoms in total. The van der Waals surface area contributed by atoms with E-state index in [1.165, 1.54) is 22.4 Å². The molecule has 2 aromatic carbocycles. The van der Waals surface area contributed by atoms with Crippen LogP contribution in [0.1, 0.15) is 28.6 Å². The first-order valence-electron chi connectivity index (χ1n) is 10.0. The third-order valence-corrected chi connectivity index (χ3v) is 5.42. The van der Waals surface area contributed by atoms with Crippen molar-refractivity contribution < 1.29 is 14.0 Å². The summed E-state index contributed by atoms with van der Waals surface area (Å²) in [5, 5.41) is 2.80. The molecule has 0 spiro atoms. The van der Waals surface area contributed by atoms with Crippen LogP contribution in [0.2, 0.25) is 0 Å². The van der Waals surface area contributed by atoms with Crippen molar-refractivity contribution in [2.24, 2.45) is 0 Å². The van der Waals surface area contributed by atoms with Crippen molar-refractivity contribution in [1.82, 2.24) is 4.90 Å². The second kappa shape index (κ2) is 8.45. The zero-order valence-electron chi connectivity index (χ0n) is 17.2. The van der Waals surface area contributed by atoms with Gasteiger partial charge in [0, 0.05) is 24.5 Å². The number of anilines is 2. The van der Waals surface area contributed by atoms with Gasteiger partial charge < -0.3 is 19.5 Å². The molecule has 0 aliphatic carbocycles. The van der Waals surface area contributed by atoms with E-state index in [1.54, 1.807) is 13.1 Å². The van der Waals surface area contributed by atoms with Crippen LogP contribution in [-0.4, -0.2) is 36.3 Å². The van der Waals surface area contributed by atoms with Gasteiger partial charge in [-0.1, -0.05) is 36.4 Å². The molecular weight excluding hydrogens is 378 g/mol. The molecule has 1 aromatic heterocycles. The van der Waals surface area contributed by atoms with E-state index in [2.05, 4.69) is 29.3 Å². The molecule has 1 aliphatic heterocycles. The normalized spacial score (nSPS) is 15.0. The highest BCUT2D eigenvalue weighted by molar-refractivity contribution is 5.99. The number of carbonyl (C=O) groups excluding carboxylic acids is 2. The molecule has 2 amide bonds. The van der Waals surface area contributed by atoms with Gasteiger partial charge in [0.15, 0.2) is 0 Å². The number of furan rings is 1. The Morgan fingerprint density at radius 2 is 1.83 bits per heavy atom. The van der Waals surface area contributed by atoms with Crippen LogP contribution in [0.5, 0.6) is 0 Å². The number of likely N-dealkylation sites (N-methyl/N-ethyl adjacent to an activating group) is 1. The second-order valence-corrected chi connectivity index (χ2v) is 7.64. The Labute approximate surface area is 176 Å². The molecule has 0 radical (unpaired) electrons. The number of rotatable bonds is 6. The minimum atomic E-state index is -0.246. The number of carbonyl (C=O) groups is 2. The number of fused-ring (bicyclic) bond motifs is 1. The third-order valence-electron chi connectivity index (χ3n) is 5.42. The van der Waals surface area contributed by atoms with Gasteiger partial charge in [0.1, 0.15) is 5.76 Å². The smallest absolute Gasteiger partial charge is 0.257 e. The molecule has 1 aliphatic rings. The van der Waals surface area contributed by atoms with E-state index in [0.29, 0.717) is 29.6 Å². The molecule has 6 heteroatoms. The first kappa shape index (κ1) is 19.8. The Bertz CT molecular complexity index is 1040. The monoisotopic (exact) mass is 403 g/mol. The van der Waals surface area contributed by atoms with Crippen molar-refractivity contribution in [2.75, 3.05) is 23.8 Å². The summed E-state index contributed by atoms with van der Waals surface area (Å²) < 4.78 is 5.67. The van der Waals surface area contributed by atoms with E-state index in [1.807, 2.05) is 42.5 Å². The van der Waals surface area contributed by atoms with E-state index in [4.69, 9.17) is 4.42 Å².